The second-order valence-electron chi connectivity index (χ2n) is 5.05. The number of halogens is 2. The first-order chi connectivity index (χ1) is 11.9. The number of hydrogen-bond donors (Lipinski definition) is 1. The van der Waals surface area contributed by atoms with Gasteiger partial charge in [-0.15, -0.1) is 16.8 Å². The summed E-state index contributed by atoms with van der Waals surface area (Å²) in [5.41, 5.74) is 0.184. The highest BCUT2D eigenvalue weighted by atomic mass is 32.2. The van der Waals surface area contributed by atoms with Gasteiger partial charge in [-0.05, 0) is 26.0 Å². The maximum absolute atomic E-state index is 12.4. The Balaban J connectivity index is 2.08. The number of amides is 1. The fraction of sp³-hybridized carbons (Fsp3) is 0.312. The van der Waals surface area contributed by atoms with Crippen LogP contribution in [0.4, 0.5) is 14.5 Å². The van der Waals surface area contributed by atoms with Crippen molar-refractivity contribution in [2.24, 2.45) is 0 Å². The smallest absolute Gasteiger partial charge is 0.387 e. The average Bonchev–Trinajstić information content (AvgIpc) is 2.89. The van der Waals surface area contributed by atoms with Gasteiger partial charge in [0.25, 0.3) is 0 Å². The van der Waals surface area contributed by atoms with Crippen LogP contribution in [0, 0.1) is 6.92 Å². The number of rotatable bonds is 8. The third-order valence-corrected chi connectivity index (χ3v) is 4.31. The van der Waals surface area contributed by atoms with Gasteiger partial charge < -0.3 is 14.6 Å². The van der Waals surface area contributed by atoms with Crippen molar-refractivity contribution in [3.63, 3.8) is 0 Å². The summed E-state index contributed by atoms with van der Waals surface area (Å²) in [6.07, 6.45) is 1.71. The van der Waals surface area contributed by atoms with E-state index in [1.807, 2.05) is 11.5 Å². The van der Waals surface area contributed by atoms with E-state index in [-0.39, 0.29) is 17.3 Å². The Kier molecular flexibility index (Phi) is 6.51. The zero-order valence-electron chi connectivity index (χ0n) is 13.8. The zero-order valence-corrected chi connectivity index (χ0v) is 14.6. The molecule has 0 fully saturated rings. The highest BCUT2D eigenvalue weighted by Crippen LogP contribution is 2.28. The van der Waals surface area contributed by atoms with Crippen molar-refractivity contribution in [1.82, 2.24) is 14.8 Å². The molecule has 0 saturated heterocycles. The lowest BCUT2D eigenvalue weighted by Crippen LogP contribution is -2.23. The van der Waals surface area contributed by atoms with Crippen LogP contribution < -0.4 is 10.1 Å². The molecule has 1 aromatic heterocycles. The number of carbonyl (C=O) groups is 1. The highest BCUT2D eigenvalue weighted by molar-refractivity contribution is 8.00. The molecule has 1 amide bonds. The molecule has 0 radical (unpaired) electrons. The fourth-order valence-corrected chi connectivity index (χ4v) is 2.91. The summed E-state index contributed by atoms with van der Waals surface area (Å²) in [4.78, 5) is 12.4. The Hall–Kier alpha value is -2.42. The largest absolute Gasteiger partial charge is 0.433 e. The third kappa shape index (κ3) is 5.02. The number of aryl methyl sites for hydroxylation is 1. The van der Waals surface area contributed by atoms with Crippen molar-refractivity contribution in [3.8, 4) is 5.75 Å². The summed E-state index contributed by atoms with van der Waals surface area (Å²) in [7, 11) is 0. The summed E-state index contributed by atoms with van der Waals surface area (Å²) in [5.74, 6) is 0.264. The van der Waals surface area contributed by atoms with Crippen molar-refractivity contribution in [1.29, 1.82) is 0 Å². The first-order valence-electron chi connectivity index (χ1n) is 7.44. The average molecular weight is 368 g/mol. The van der Waals surface area contributed by atoms with Crippen molar-refractivity contribution < 1.29 is 18.3 Å². The van der Waals surface area contributed by atoms with E-state index in [1.165, 1.54) is 23.9 Å². The summed E-state index contributed by atoms with van der Waals surface area (Å²) in [6, 6.07) is 6.03. The maximum Gasteiger partial charge on any atom is 0.387 e. The molecule has 9 heteroatoms. The number of allylic oxidation sites excluding steroid dienone is 1. The molecule has 0 bridgehead atoms. The van der Waals surface area contributed by atoms with Crippen LogP contribution >= 0.6 is 11.8 Å². The van der Waals surface area contributed by atoms with Crippen LogP contribution in [0.3, 0.4) is 0 Å². The summed E-state index contributed by atoms with van der Waals surface area (Å²) in [6.45, 7) is 4.74. The Morgan fingerprint density at radius 2 is 2.16 bits per heavy atom. The maximum atomic E-state index is 12.4. The Morgan fingerprint density at radius 3 is 2.84 bits per heavy atom. The van der Waals surface area contributed by atoms with Gasteiger partial charge >= 0.3 is 6.61 Å². The molecule has 0 aliphatic heterocycles. The number of hydrogen-bond acceptors (Lipinski definition) is 5. The molecule has 6 nitrogen and oxygen atoms in total. The third-order valence-electron chi connectivity index (χ3n) is 3.23. The van der Waals surface area contributed by atoms with Crippen LogP contribution in [0.1, 0.15) is 12.7 Å². The van der Waals surface area contributed by atoms with Gasteiger partial charge in [-0.2, -0.15) is 8.78 Å². The summed E-state index contributed by atoms with van der Waals surface area (Å²) in [5, 5.41) is 10.7. The quantitative estimate of drug-likeness (QED) is 0.571. The highest BCUT2D eigenvalue weighted by Gasteiger charge is 2.20. The Labute approximate surface area is 148 Å². The van der Waals surface area contributed by atoms with E-state index in [2.05, 4.69) is 26.8 Å². The molecule has 2 aromatic rings. The zero-order chi connectivity index (χ0) is 18.4. The van der Waals surface area contributed by atoms with Gasteiger partial charge in [0.2, 0.25) is 5.91 Å². The molecule has 2 rings (SSSR count). The van der Waals surface area contributed by atoms with E-state index < -0.39 is 11.9 Å². The number of anilines is 1. The minimum absolute atomic E-state index is 0.0891. The van der Waals surface area contributed by atoms with E-state index in [0.29, 0.717) is 17.5 Å². The topological polar surface area (TPSA) is 69.0 Å². The lowest BCUT2D eigenvalue weighted by Gasteiger charge is -2.15. The molecule has 0 spiro atoms. The lowest BCUT2D eigenvalue weighted by atomic mass is 10.3. The van der Waals surface area contributed by atoms with Gasteiger partial charge in [0.15, 0.2) is 5.16 Å². The number of aromatic nitrogens is 3. The lowest BCUT2D eigenvalue weighted by molar-refractivity contribution is -0.115. The van der Waals surface area contributed by atoms with E-state index >= 15 is 0 Å². The van der Waals surface area contributed by atoms with Gasteiger partial charge in [0, 0.05) is 6.54 Å². The van der Waals surface area contributed by atoms with Crippen molar-refractivity contribution in [3.05, 3.63) is 42.7 Å². The molecule has 25 heavy (non-hydrogen) atoms. The molecule has 0 saturated carbocycles. The summed E-state index contributed by atoms with van der Waals surface area (Å²) >= 11 is 1.22. The monoisotopic (exact) mass is 368 g/mol. The summed E-state index contributed by atoms with van der Waals surface area (Å²) < 4.78 is 31.1. The van der Waals surface area contributed by atoms with Gasteiger partial charge in [-0.3, -0.25) is 4.79 Å². The number of thioether (sulfide) groups is 1. The molecule has 1 heterocycles. The molecular formula is C16H18F2N4O2S. The van der Waals surface area contributed by atoms with Crippen molar-refractivity contribution in [2.45, 2.75) is 37.4 Å². The van der Waals surface area contributed by atoms with Crippen molar-refractivity contribution >= 4 is 23.4 Å². The van der Waals surface area contributed by atoms with Gasteiger partial charge in [0.1, 0.15) is 11.6 Å². The molecule has 134 valence electrons. The predicted molar refractivity (Wildman–Crippen MR) is 92.0 cm³/mol. The molecule has 1 aromatic carbocycles. The van der Waals surface area contributed by atoms with E-state index in [1.54, 1.807) is 25.1 Å². The minimum Gasteiger partial charge on any atom is -0.433 e. The van der Waals surface area contributed by atoms with E-state index in [0.717, 1.165) is 0 Å². The standard InChI is InChI=1S/C16H18F2N4O2S/c1-4-9-22-11(3)20-21-16(22)25-10(2)14(23)19-12-7-5-6-8-13(12)24-15(17)18/h4-8,10,15H,1,9H2,2-3H3,(H,19,23)/t10-/m0/s1. The van der Waals surface area contributed by atoms with Crippen molar-refractivity contribution in [2.75, 3.05) is 5.32 Å². The second-order valence-corrected chi connectivity index (χ2v) is 6.36. The van der Waals surface area contributed by atoms with Gasteiger partial charge in [-0.1, -0.05) is 30.0 Å². The first-order valence-corrected chi connectivity index (χ1v) is 8.32. The van der Waals surface area contributed by atoms with Crippen LogP contribution in [0.2, 0.25) is 0 Å². The van der Waals surface area contributed by atoms with Crippen LogP contribution in [0.5, 0.6) is 5.75 Å². The number of para-hydroxylation sites is 2. The van der Waals surface area contributed by atoms with Gasteiger partial charge in [0.05, 0.1) is 10.9 Å². The molecule has 1 atom stereocenters. The van der Waals surface area contributed by atoms with Crippen LogP contribution in [0.25, 0.3) is 0 Å². The van der Waals surface area contributed by atoms with Crippen LogP contribution in [-0.2, 0) is 11.3 Å². The molecule has 0 aliphatic rings. The van der Waals surface area contributed by atoms with Crippen LogP contribution in [-0.4, -0.2) is 32.5 Å². The molecular weight excluding hydrogens is 350 g/mol. The molecule has 1 N–H and O–H groups in total. The van der Waals surface area contributed by atoms with E-state index in [9.17, 15) is 13.6 Å². The first kappa shape index (κ1) is 18.9. The number of nitrogens with one attached hydrogen (secondary N) is 1. The van der Waals surface area contributed by atoms with Crippen LogP contribution in [0.15, 0.2) is 42.1 Å². The fourth-order valence-electron chi connectivity index (χ4n) is 2.00. The Morgan fingerprint density at radius 1 is 1.44 bits per heavy atom. The number of carbonyl (C=O) groups excluding carboxylic acids is 1. The SMILES string of the molecule is C=CCn1c(C)nnc1S[C@@H](C)C(=O)Nc1ccccc1OC(F)F. The predicted octanol–water partition coefficient (Wildman–Crippen LogP) is 3.49. The van der Waals surface area contributed by atoms with Gasteiger partial charge in [-0.25, -0.2) is 0 Å². The number of alkyl halides is 2. The second kappa shape index (κ2) is 8.61. The minimum atomic E-state index is -2.97. The molecule has 0 aliphatic carbocycles. The number of nitrogens with zero attached hydrogens (tertiary/aromatic N) is 3. The normalized spacial score (nSPS) is 12.0. The number of benzene rings is 1. The Bertz CT molecular complexity index is 751. The van der Waals surface area contributed by atoms with E-state index in [4.69, 9.17) is 0 Å². The molecule has 0 unspecified atom stereocenters. The number of ether oxygens (including phenoxy) is 1.